The van der Waals surface area contributed by atoms with Crippen molar-refractivity contribution in [2.24, 2.45) is 0 Å². The molecule has 0 aliphatic rings. The van der Waals surface area contributed by atoms with Gasteiger partial charge in [0, 0.05) is 5.39 Å². The van der Waals surface area contributed by atoms with Crippen LogP contribution in [0, 0.1) is 0 Å². The summed E-state index contributed by atoms with van der Waals surface area (Å²) in [7, 11) is 0. The summed E-state index contributed by atoms with van der Waals surface area (Å²) in [6.45, 7) is 2.03. The van der Waals surface area contributed by atoms with E-state index in [-0.39, 0.29) is 11.3 Å². The Labute approximate surface area is 93.0 Å². The highest BCUT2D eigenvalue weighted by atomic mass is 16.4. The molecule has 0 saturated heterocycles. The lowest BCUT2D eigenvalue weighted by atomic mass is 10.0. The second kappa shape index (κ2) is 3.85. The van der Waals surface area contributed by atoms with Gasteiger partial charge in [0.15, 0.2) is 0 Å². The number of phenolic OH excluding ortho intramolecular Hbond substituents is 1. The Morgan fingerprint density at radius 1 is 1.25 bits per heavy atom. The highest BCUT2D eigenvalue weighted by Gasteiger charge is 2.08. The summed E-state index contributed by atoms with van der Waals surface area (Å²) < 4.78 is 0. The summed E-state index contributed by atoms with van der Waals surface area (Å²) in [6, 6.07) is 8.50. The van der Waals surface area contributed by atoms with E-state index >= 15 is 0 Å². The fourth-order valence-electron chi connectivity index (χ4n) is 1.73. The minimum atomic E-state index is -1.03. The van der Waals surface area contributed by atoms with Gasteiger partial charge in [-0.1, -0.05) is 19.1 Å². The van der Waals surface area contributed by atoms with Crippen LogP contribution in [0.1, 0.15) is 22.8 Å². The maximum atomic E-state index is 10.8. The standard InChI is InChI=1S/C13H12O3/c1-2-8-3-4-9-6-10(13(15)16)7-12(14)11(9)5-8/h3-7,14H,2H2,1H3,(H,15,16). The van der Waals surface area contributed by atoms with Gasteiger partial charge < -0.3 is 10.2 Å². The second-order valence-electron chi connectivity index (χ2n) is 3.71. The topological polar surface area (TPSA) is 57.5 Å². The summed E-state index contributed by atoms with van der Waals surface area (Å²) in [6.07, 6.45) is 0.885. The van der Waals surface area contributed by atoms with Crippen LogP contribution in [0.25, 0.3) is 10.8 Å². The molecule has 2 rings (SSSR count). The molecule has 0 aromatic heterocycles. The van der Waals surface area contributed by atoms with Gasteiger partial charge in [-0.2, -0.15) is 0 Å². The van der Waals surface area contributed by atoms with Crippen LogP contribution in [-0.2, 0) is 6.42 Å². The van der Waals surface area contributed by atoms with Crippen LogP contribution in [0.4, 0.5) is 0 Å². The van der Waals surface area contributed by atoms with Crippen LogP contribution >= 0.6 is 0 Å². The number of aromatic carboxylic acids is 1. The van der Waals surface area contributed by atoms with Gasteiger partial charge in [-0.25, -0.2) is 4.79 Å². The number of aryl methyl sites for hydroxylation is 1. The molecule has 2 aromatic rings. The fraction of sp³-hybridized carbons (Fsp3) is 0.154. The van der Waals surface area contributed by atoms with Gasteiger partial charge in [-0.05, 0) is 35.6 Å². The molecule has 2 aromatic carbocycles. The van der Waals surface area contributed by atoms with Gasteiger partial charge in [0.25, 0.3) is 0 Å². The minimum absolute atomic E-state index is 0.0187. The van der Waals surface area contributed by atoms with E-state index in [9.17, 15) is 9.90 Å². The summed E-state index contributed by atoms with van der Waals surface area (Å²) in [5.41, 5.74) is 1.22. The van der Waals surface area contributed by atoms with Crippen molar-refractivity contribution in [1.29, 1.82) is 0 Å². The lowest BCUT2D eigenvalue weighted by molar-refractivity contribution is 0.0696. The number of rotatable bonds is 2. The van der Waals surface area contributed by atoms with Gasteiger partial charge in [0.05, 0.1) is 5.56 Å². The first-order valence-electron chi connectivity index (χ1n) is 5.10. The number of carboxylic acids is 1. The number of fused-ring (bicyclic) bond motifs is 1. The number of hydrogen-bond acceptors (Lipinski definition) is 2. The molecule has 3 heteroatoms. The van der Waals surface area contributed by atoms with Crippen molar-refractivity contribution in [3.05, 3.63) is 41.5 Å². The summed E-state index contributed by atoms with van der Waals surface area (Å²) in [4.78, 5) is 10.8. The molecule has 2 N–H and O–H groups in total. The van der Waals surface area contributed by atoms with E-state index in [1.54, 1.807) is 6.07 Å². The molecule has 0 radical (unpaired) electrons. The third kappa shape index (κ3) is 1.72. The Bertz CT molecular complexity index is 558. The Kier molecular flexibility index (Phi) is 2.52. The Hall–Kier alpha value is -2.03. The minimum Gasteiger partial charge on any atom is -0.507 e. The van der Waals surface area contributed by atoms with E-state index in [1.807, 2.05) is 25.1 Å². The van der Waals surface area contributed by atoms with Gasteiger partial charge >= 0.3 is 5.97 Å². The number of phenols is 1. The molecule has 0 unspecified atom stereocenters. The lowest BCUT2D eigenvalue weighted by Gasteiger charge is -2.05. The van der Waals surface area contributed by atoms with Crippen molar-refractivity contribution >= 4 is 16.7 Å². The molecular weight excluding hydrogens is 204 g/mol. The van der Waals surface area contributed by atoms with E-state index < -0.39 is 5.97 Å². The van der Waals surface area contributed by atoms with E-state index in [1.165, 1.54) is 6.07 Å². The number of benzene rings is 2. The van der Waals surface area contributed by atoms with Crippen LogP contribution in [0.15, 0.2) is 30.3 Å². The van der Waals surface area contributed by atoms with Crippen molar-refractivity contribution in [3.63, 3.8) is 0 Å². The average Bonchev–Trinajstić information content (AvgIpc) is 2.28. The summed E-state index contributed by atoms with van der Waals surface area (Å²) in [5, 5.41) is 20.1. The van der Waals surface area contributed by atoms with Gasteiger partial charge in [-0.3, -0.25) is 0 Å². The fourth-order valence-corrected chi connectivity index (χ4v) is 1.73. The quantitative estimate of drug-likeness (QED) is 0.811. The summed E-state index contributed by atoms with van der Waals surface area (Å²) >= 11 is 0. The van der Waals surface area contributed by atoms with Crippen molar-refractivity contribution in [3.8, 4) is 5.75 Å². The zero-order chi connectivity index (χ0) is 11.7. The molecule has 0 bridgehead atoms. The highest BCUT2D eigenvalue weighted by Crippen LogP contribution is 2.27. The Morgan fingerprint density at radius 2 is 2.00 bits per heavy atom. The van der Waals surface area contributed by atoms with Crippen molar-refractivity contribution in [2.75, 3.05) is 0 Å². The first-order chi connectivity index (χ1) is 7.61. The predicted octanol–water partition coefficient (Wildman–Crippen LogP) is 2.81. The molecule has 0 atom stereocenters. The normalized spacial score (nSPS) is 10.6. The van der Waals surface area contributed by atoms with Crippen LogP contribution in [0.5, 0.6) is 5.75 Å². The first kappa shape index (κ1) is 10.5. The molecule has 0 saturated carbocycles. The van der Waals surface area contributed by atoms with E-state index in [0.717, 1.165) is 17.4 Å². The van der Waals surface area contributed by atoms with Gasteiger partial charge in [-0.15, -0.1) is 0 Å². The van der Waals surface area contributed by atoms with Crippen LogP contribution in [0.2, 0.25) is 0 Å². The highest BCUT2D eigenvalue weighted by molar-refractivity contribution is 5.97. The number of carbonyl (C=O) groups is 1. The largest absolute Gasteiger partial charge is 0.507 e. The smallest absolute Gasteiger partial charge is 0.335 e. The zero-order valence-electron chi connectivity index (χ0n) is 8.90. The van der Waals surface area contributed by atoms with E-state index in [2.05, 4.69) is 0 Å². The molecule has 0 aliphatic carbocycles. The van der Waals surface area contributed by atoms with Crippen LogP contribution in [0.3, 0.4) is 0 Å². The molecular formula is C13H12O3. The Balaban J connectivity index is 2.71. The van der Waals surface area contributed by atoms with E-state index in [4.69, 9.17) is 5.11 Å². The third-order valence-electron chi connectivity index (χ3n) is 2.65. The molecule has 82 valence electrons. The van der Waals surface area contributed by atoms with Crippen molar-refractivity contribution in [1.82, 2.24) is 0 Å². The molecule has 0 heterocycles. The number of hydrogen-bond donors (Lipinski definition) is 2. The zero-order valence-corrected chi connectivity index (χ0v) is 8.90. The third-order valence-corrected chi connectivity index (χ3v) is 2.65. The number of carboxylic acid groups (broad SMARTS) is 1. The maximum absolute atomic E-state index is 10.8. The first-order valence-corrected chi connectivity index (χ1v) is 5.10. The lowest BCUT2D eigenvalue weighted by Crippen LogP contribution is -1.95. The van der Waals surface area contributed by atoms with Gasteiger partial charge in [0.2, 0.25) is 0 Å². The monoisotopic (exact) mass is 216 g/mol. The maximum Gasteiger partial charge on any atom is 0.335 e. The summed E-state index contributed by atoms with van der Waals surface area (Å²) in [5.74, 6) is -1.01. The molecule has 0 fully saturated rings. The SMILES string of the molecule is CCc1ccc2cc(C(=O)O)cc(O)c2c1. The average molecular weight is 216 g/mol. The molecule has 0 aliphatic heterocycles. The van der Waals surface area contributed by atoms with Crippen molar-refractivity contribution < 1.29 is 15.0 Å². The number of aromatic hydroxyl groups is 1. The molecule has 16 heavy (non-hydrogen) atoms. The Morgan fingerprint density at radius 3 is 2.62 bits per heavy atom. The molecule has 3 nitrogen and oxygen atoms in total. The van der Waals surface area contributed by atoms with Gasteiger partial charge in [0.1, 0.15) is 5.75 Å². The second-order valence-corrected chi connectivity index (χ2v) is 3.71. The van der Waals surface area contributed by atoms with Crippen LogP contribution in [-0.4, -0.2) is 16.2 Å². The molecule has 0 amide bonds. The molecule has 0 spiro atoms. The van der Waals surface area contributed by atoms with E-state index in [0.29, 0.717) is 5.39 Å². The predicted molar refractivity (Wildman–Crippen MR) is 62.0 cm³/mol. The van der Waals surface area contributed by atoms with Crippen molar-refractivity contribution in [2.45, 2.75) is 13.3 Å². The van der Waals surface area contributed by atoms with Crippen LogP contribution < -0.4 is 0 Å².